The van der Waals surface area contributed by atoms with Crippen molar-refractivity contribution in [1.82, 2.24) is 25.4 Å². The molecule has 2 rings (SSSR count). The third-order valence-electron chi connectivity index (χ3n) is 3.19. The van der Waals surface area contributed by atoms with Crippen molar-refractivity contribution in [3.8, 4) is 5.75 Å². The molecule has 0 saturated heterocycles. The van der Waals surface area contributed by atoms with Crippen molar-refractivity contribution >= 4 is 29.9 Å². The molecule has 0 amide bonds. The van der Waals surface area contributed by atoms with Crippen LogP contribution in [0, 0.1) is 0 Å². The second-order valence-electron chi connectivity index (χ2n) is 4.93. The summed E-state index contributed by atoms with van der Waals surface area (Å²) in [7, 11) is 1.87. The van der Waals surface area contributed by atoms with E-state index in [0.29, 0.717) is 19.7 Å². The summed E-state index contributed by atoms with van der Waals surface area (Å²) < 4.78 is 7.25. The molecule has 7 nitrogen and oxygen atoms in total. The van der Waals surface area contributed by atoms with Crippen LogP contribution in [0.2, 0.25) is 0 Å². The fourth-order valence-electron chi connectivity index (χ4n) is 2.06. The van der Waals surface area contributed by atoms with Gasteiger partial charge in [-0.05, 0) is 31.5 Å². The second kappa shape index (κ2) is 10.8. The molecule has 1 aromatic heterocycles. The number of nitrogens with zero attached hydrogens (tertiary/aromatic N) is 4. The number of nitrogens with one attached hydrogen (secondary N) is 2. The van der Waals surface area contributed by atoms with Gasteiger partial charge in [0, 0.05) is 13.6 Å². The van der Waals surface area contributed by atoms with E-state index in [1.54, 1.807) is 11.0 Å². The van der Waals surface area contributed by atoms with Gasteiger partial charge >= 0.3 is 0 Å². The molecule has 1 aromatic carbocycles. The molecule has 8 heteroatoms. The van der Waals surface area contributed by atoms with Crippen LogP contribution >= 0.6 is 24.0 Å². The number of hydrogen-bond donors (Lipinski definition) is 2. The Balaban J connectivity index is 0.00000288. The Kier molecular flexibility index (Phi) is 9.13. The average Bonchev–Trinajstić information content (AvgIpc) is 2.96. The quantitative estimate of drug-likeness (QED) is 0.389. The van der Waals surface area contributed by atoms with Gasteiger partial charge in [-0.3, -0.25) is 4.68 Å². The summed E-state index contributed by atoms with van der Waals surface area (Å²) in [5.41, 5.74) is 1.10. The van der Waals surface area contributed by atoms with Crippen molar-refractivity contribution in [2.45, 2.75) is 26.9 Å². The number of aryl methyl sites for hydroxylation is 1. The van der Waals surface area contributed by atoms with Gasteiger partial charge in [-0.25, -0.2) is 9.98 Å². The van der Waals surface area contributed by atoms with E-state index in [1.165, 1.54) is 0 Å². The Morgan fingerprint density at radius 3 is 2.79 bits per heavy atom. The van der Waals surface area contributed by atoms with Gasteiger partial charge in [-0.1, -0.05) is 12.1 Å². The third kappa shape index (κ3) is 6.34. The molecule has 1 heterocycles. The standard InChI is InChI=1S/C16H24N6O.HI/c1-4-17-16(19-11-15-20-12-21-22(15)3)18-10-13-7-6-8-14(9-13)23-5-2;/h6-9,12H,4-5,10-11H2,1-3H3,(H2,17,18,19);1H. The molecule has 0 aliphatic heterocycles. The van der Waals surface area contributed by atoms with Crippen molar-refractivity contribution < 1.29 is 4.74 Å². The number of rotatable bonds is 7. The molecule has 0 spiro atoms. The van der Waals surface area contributed by atoms with Crippen molar-refractivity contribution in [2.24, 2.45) is 12.0 Å². The number of benzene rings is 1. The first kappa shape index (κ1) is 20.2. The summed E-state index contributed by atoms with van der Waals surface area (Å²) in [6.45, 7) is 6.62. The normalized spacial score (nSPS) is 10.9. The molecule has 0 unspecified atom stereocenters. The SMILES string of the molecule is CCNC(=NCc1cccc(OCC)c1)NCc1ncnn1C.I. The van der Waals surface area contributed by atoms with Gasteiger partial charge in [0.1, 0.15) is 17.9 Å². The van der Waals surface area contributed by atoms with E-state index in [4.69, 9.17) is 4.74 Å². The molecule has 0 radical (unpaired) electrons. The minimum atomic E-state index is 0. The van der Waals surface area contributed by atoms with E-state index in [0.717, 1.165) is 29.6 Å². The lowest BCUT2D eigenvalue weighted by Crippen LogP contribution is -2.37. The molecule has 0 aliphatic carbocycles. The van der Waals surface area contributed by atoms with Crippen LogP contribution in [-0.2, 0) is 20.1 Å². The molecule has 0 bridgehead atoms. The van der Waals surface area contributed by atoms with Crippen molar-refractivity contribution in [2.75, 3.05) is 13.2 Å². The van der Waals surface area contributed by atoms with Crippen LogP contribution in [-0.4, -0.2) is 33.9 Å². The molecular weight excluding hydrogens is 419 g/mol. The Morgan fingerprint density at radius 1 is 1.29 bits per heavy atom. The van der Waals surface area contributed by atoms with E-state index < -0.39 is 0 Å². The Labute approximate surface area is 159 Å². The summed E-state index contributed by atoms with van der Waals surface area (Å²) in [6, 6.07) is 7.99. The molecule has 132 valence electrons. The molecule has 0 saturated carbocycles. The zero-order valence-electron chi connectivity index (χ0n) is 14.3. The number of aromatic nitrogens is 3. The maximum Gasteiger partial charge on any atom is 0.191 e. The number of aliphatic imine (C=N–C) groups is 1. The molecule has 0 fully saturated rings. The Hall–Kier alpha value is -1.84. The number of hydrogen-bond acceptors (Lipinski definition) is 4. The van der Waals surface area contributed by atoms with Crippen LogP contribution in [0.4, 0.5) is 0 Å². The van der Waals surface area contributed by atoms with Crippen LogP contribution in [0.5, 0.6) is 5.75 Å². The number of halogens is 1. The monoisotopic (exact) mass is 444 g/mol. The van der Waals surface area contributed by atoms with Gasteiger partial charge < -0.3 is 15.4 Å². The first-order chi connectivity index (χ1) is 11.2. The van der Waals surface area contributed by atoms with Gasteiger partial charge in [0.25, 0.3) is 0 Å². The van der Waals surface area contributed by atoms with Crippen molar-refractivity contribution in [3.63, 3.8) is 0 Å². The average molecular weight is 444 g/mol. The van der Waals surface area contributed by atoms with Crippen molar-refractivity contribution in [3.05, 3.63) is 42.0 Å². The Morgan fingerprint density at radius 2 is 2.12 bits per heavy atom. The number of ether oxygens (including phenoxy) is 1. The predicted molar refractivity (Wildman–Crippen MR) is 106 cm³/mol. The highest BCUT2D eigenvalue weighted by Gasteiger charge is 2.03. The Bertz CT molecular complexity index is 643. The highest BCUT2D eigenvalue weighted by atomic mass is 127. The van der Waals surface area contributed by atoms with Gasteiger partial charge in [-0.15, -0.1) is 24.0 Å². The lowest BCUT2D eigenvalue weighted by Gasteiger charge is -2.11. The largest absolute Gasteiger partial charge is 0.494 e. The molecule has 0 atom stereocenters. The van der Waals surface area contributed by atoms with E-state index in [9.17, 15) is 0 Å². The highest BCUT2D eigenvalue weighted by Crippen LogP contribution is 2.13. The van der Waals surface area contributed by atoms with Crippen LogP contribution in [0.15, 0.2) is 35.6 Å². The fraction of sp³-hybridized carbons (Fsp3) is 0.438. The summed E-state index contributed by atoms with van der Waals surface area (Å²) in [4.78, 5) is 8.78. The van der Waals surface area contributed by atoms with Crippen LogP contribution in [0.1, 0.15) is 25.2 Å². The smallest absolute Gasteiger partial charge is 0.191 e. The molecular formula is C16H25IN6O. The first-order valence-electron chi connectivity index (χ1n) is 7.79. The maximum atomic E-state index is 5.51. The summed E-state index contributed by atoms with van der Waals surface area (Å²) in [5.74, 6) is 2.48. The topological polar surface area (TPSA) is 76.4 Å². The molecule has 24 heavy (non-hydrogen) atoms. The zero-order chi connectivity index (χ0) is 16.5. The van der Waals surface area contributed by atoms with Gasteiger partial charge in [0.15, 0.2) is 5.96 Å². The van der Waals surface area contributed by atoms with Crippen LogP contribution < -0.4 is 15.4 Å². The lowest BCUT2D eigenvalue weighted by molar-refractivity contribution is 0.340. The zero-order valence-corrected chi connectivity index (χ0v) is 16.7. The van der Waals surface area contributed by atoms with Crippen molar-refractivity contribution in [1.29, 1.82) is 0 Å². The first-order valence-corrected chi connectivity index (χ1v) is 7.79. The molecule has 2 aromatic rings. The summed E-state index contributed by atoms with van der Waals surface area (Å²) in [5, 5.41) is 10.5. The maximum absolute atomic E-state index is 5.51. The van der Waals surface area contributed by atoms with Gasteiger partial charge in [0.05, 0.1) is 19.7 Å². The van der Waals surface area contributed by atoms with Gasteiger partial charge in [0.2, 0.25) is 0 Å². The second-order valence-corrected chi connectivity index (χ2v) is 4.93. The minimum absolute atomic E-state index is 0. The van der Waals surface area contributed by atoms with E-state index >= 15 is 0 Å². The molecule has 2 N–H and O–H groups in total. The number of guanidine groups is 1. The van der Waals surface area contributed by atoms with Crippen LogP contribution in [0.3, 0.4) is 0 Å². The highest BCUT2D eigenvalue weighted by molar-refractivity contribution is 14.0. The predicted octanol–water partition coefficient (Wildman–Crippen LogP) is 2.09. The summed E-state index contributed by atoms with van der Waals surface area (Å²) >= 11 is 0. The molecule has 0 aliphatic rings. The van der Waals surface area contributed by atoms with E-state index in [2.05, 4.69) is 25.7 Å². The van der Waals surface area contributed by atoms with Gasteiger partial charge in [-0.2, -0.15) is 5.10 Å². The fourth-order valence-corrected chi connectivity index (χ4v) is 2.06. The third-order valence-corrected chi connectivity index (χ3v) is 3.19. The minimum Gasteiger partial charge on any atom is -0.494 e. The van der Waals surface area contributed by atoms with Crippen LogP contribution in [0.25, 0.3) is 0 Å². The lowest BCUT2D eigenvalue weighted by atomic mass is 10.2. The summed E-state index contributed by atoms with van der Waals surface area (Å²) in [6.07, 6.45) is 1.54. The van der Waals surface area contributed by atoms with E-state index in [-0.39, 0.29) is 24.0 Å². The van der Waals surface area contributed by atoms with E-state index in [1.807, 2.05) is 45.2 Å².